The van der Waals surface area contributed by atoms with Gasteiger partial charge in [-0.15, -0.1) is 0 Å². The van der Waals surface area contributed by atoms with Gasteiger partial charge in [0.15, 0.2) is 0 Å². The Balaban J connectivity index is 1.96. The minimum absolute atomic E-state index is 0.430. The van der Waals surface area contributed by atoms with Crippen LogP contribution in [0, 0.1) is 0 Å². The zero-order chi connectivity index (χ0) is 16.0. The number of nitrogens with zero attached hydrogens (tertiary/aromatic N) is 1. The van der Waals surface area contributed by atoms with Gasteiger partial charge in [0, 0.05) is 17.6 Å². The summed E-state index contributed by atoms with van der Waals surface area (Å²) in [5.74, 6) is 0. The van der Waals surface area contributed by atoms with Gasteiger partial charge in [0.25, 0.3) is 0 Å². The molecule has 0 N–H and O–H groups in total. The topological polar surface area (TPSA) is 46.6 Å². The molecule has 0 radical (unpaired) electrons. The van der Waals surface area contributed by atoms with Crippen molar-refractivity contribution in [1.82, 2.24) is 4.31 Å². The van der Waals surface area contributed by atoms with Crippen molar-refractivity contribution in [3.05, 3.63) is 39.9 Å². The molecule has 122 valence electrons. The maximum atomic E-state index is 13.1. The average molecular weight is 396 g/mol. The van der Waals surface area contributed by atoms with Crippen molar-refractivity contribution >= 4 is 36.7 Å². The van der Waals surface area contributed by atoms with Crippen LogP contribution in [-0.2, 0) is 27.6 Å². The van der Waals surface area contributed by atoms with Crippen molar-refractivity contribution in [3.8, 4) is 0 Å². The molecule has 0 amide bonds. The van der Waals surface area contributed by atoms with E-state index in [-0.39, 0.29) is 0 Å². The molecule has 0 aromatic heterocycles. The van der Waals surface area contributed by atoms with E-state index < -0.39 is 10.0 Å². The predicted molar refractivity (Wildman–Crippen MR) is 93.3 cm³/mol. The van der Waals surface area contributed by atoms with Gasteiger partial charge >= 0.3 is 0 Å². The smallest absolute Gasteiger partial charge is 0.243 e. The fourth-order valence-electron chi connectivity index (χ4n) is 3.63. The van der Waals surface area contributed by atoms with Crippen LogP contribution in [0.3, 0.4) is 0 Å². The Morgan fingerprint density at radius 2 is 1.91 bits per heavy atom. The summed E-state index contributed by atoms with van der Waals surface area (Å²) in [6.45, 7) is 1.79. The van der Waals surface area contributed by atoms with Crippen LogP contribution in [0.2, 0.25) is 0 Å². The van der Waals surface area contributed by atoms with Gasteiger partial charge in [-0.1, -0.05) is 34.1 Å². The number of sulfonamides is 1. The SMILES string of the molecule is O=S(=O)(c1cc(Br)c2cccc3c2c1CCC3)N1CCOCC1. The van der Waals surface area contributed by atoms with Crippen LogP contribution < -0.4 is 0 Å². The number of benzene rings is 2. The molecule has 23 heavy (non-hydrogen) atoms. The molecular weight excluding hydrogens is 378 g/mol. The third-order valence-electron chi connectivity index (χ3n) is 4.73. The van der Waals surface area contributed by atoms with Gasteiger partial charge in [-0.3, -0.25) is 0 Å². The fourth-order valence-corrected chi connectivity index (χ4v) is 6.03. The van der Waals surface area contributed by atoms with Crippen LogP contribution in [0.1, 0.15) is 17.5 Å². The van der Waals surface area contributed by atoms with E-state index in [0.717, 1.165) is 40.1 Å². The van der Waals surface area contributed by atoms with E-state index in [9.17, 15) is 8.42 Å². The van der Waals surface area contributed by atoms with Gasteiger partial charge in [0.05, 0.1) is 18.1 Å². The van der Waals surface area contributed by atoms with Crippen molar-refractivity contribution in [2.45, 2.75) is 24.2 Å². The number of rotatable bonds is 2. The minimum atomic E-state index is -3.48. The highest BCUT2D eigenvalue weighted by Crippen LogP contribution is 2.39. The molecule has 0 spiro atoms. The third-order valence-corrected chi connectivity index (χ3v) is 7.35. The lowest BCUT2D eigenvalue weighted by molar-refractivity contribution is 0.0730. The highest BCUT2D eigenvalue weighted by atomic mass is 79.9. The summed E-state index contributed by atoms with van der Waals surface area (Å²) in [6.07, 6.45) is 2.83. The number of hydrogen-bond donors (Lipinski definition) is 0. The molecule has 1 heterocycles. The summed E-state index contributed by atoms with van der Waals surface area (Å²) < 4.78 is 34.0. The number of morpholine rings is 1. The van der Waals surface area contributed by atoms with E-state index in [4.69, 9.17) is 4.74 Å². The molecule has 4 nitrogen and oxygen atoms in total. The molecule has 2 aromatic rings. The Hall–Kier alpha value is -0.950. The van der Waals surface area contributed by atoms with Crippen molar-refractivity contribution in [2.75, 3.05) is 26.3 Å². The van der Waals surface area contributed by atoms with Gasteiger partial charge in [0.2, 0.25) is 10.0 Å². The number of hydrogen-bond acceptors (Lipinski definition) is 3. The fraction of sp³-hybridized carbons (Fsp3) is 0.412. The standard InChI is InChI=1S/C17H18BrNO3S/c18-15-11-16(23(20,21)19-7-9-22-10-8-19)14-6-2-4-12-3-1-5-13(15)17(12)14/h1,3,5,11H,2,4,6-10H2. The van der Waals surface area contributed by atoms with Crippen molar-refractivity contribution in [3.63, 3.8) is 0 Å². The molecular formula is C17H18BrNO3S. The largest absolute Gasteiger partial charge is 0.379 e. The molecule has 4 rings (SSSR count). The Labute approximate surface area is 144 Å². The summed E-state index contributed by atoms with van der Waals surface area (Å²) >= 11 is 3.58. The summed E-state index contributed by atoms with van der Waals surface area (Å²) in [5, 5.41) is 2.23. The van der Waals surface area contributed by atoms with Crippen LogP contribution in [0.5, 0.6) is 0 Å². The molecule has 1 saturated heterocycles. The van der Waals surface area contributed by atoms with Crippen LogP contribution >= 0.6 is 15.9 Å². The van der Waals surface area contributed by atoms with E-state index in [1.165, 1.54) is 5.56 Å². The Bertz CT molecular complexity index is 873. The quantitative estimate of drug-likeness (QED) is 0.784. The van der Waals surface area contributed by atoms with Crippen LogP contribution in [0.25, 0.3) is 10.8 Å². The van der Waals surface area contributed by atoms with Crippen molar-refractivity contribution in [1.29, 1.82) is 0 Å². The van der Waals surface area contributed by atoms with E-state index in [1.54, 1.807) is 10.4 Å². The highest BCUT2D eigenvalue weighted by molar-refractivity contribution is 9.10. The average Bonchev–Trinajstić information content (AvgIpc) is 2.58. The minimum Gasteiger partial charge on any atom is -0.379 e. The van der Waals surface area contributed by atoms with Crippen LogP contribution in [-0.4, -0.2) is 39.0 Å². The van der Waals surface area contributed by atoms with Gasteiger partial charge < -0.3 is 4.74 Å². The number of ether oxygens (including phenoxy) is 1. The second kappa shape index (κ2) is 5.84. The Kier molecular flexibility index (Phi) is 3.96. The predicted octanol–water partition coefficient (Wildman–Crippen LogP) is 3.11. The van der Waals surface area contributed by atoms with Crippen LogP contribution in [0.4, 0.5) is 0 Å². The van der Waals surface area contributed by atoms with Gasteiger partial charge in [-0.25, -0.2) is 8.42 Å². The Morgan fingerprint density at radius 1 is 1.13 bits per heavy atom. The molecule has 2 aliphatic rings. The van der Waals surface area contributed by atoms with Gasteiger partial charge in [0.1, 0.15) is 0 Å². The monoisotopic (exact) mass is 395 g/mol. The lowest BCUT2D eigenvalue weighted by atomic mass is 9.89. The molecule has 0 unspecified atom stereocenters. The zero-order valence-electron chi connectivity index (χ0n) is 12.7. The molecule has 1 aliphatic carbocycles. The summed E-state index contributed by atoms with van der Waals surface area (Å²) in [5.41, 5.74) is 2.24. The second-order valence-electron chi connectivity index (χ2n) is 6.04. The first-order chi connectivity index (χ1) is 11.1. The Morgan fingerprint density at radius 3 is 2.70 bits per heavy atom. The summed E-state index contributed by atoms with van der Waals surface area (Å²) in [7, 11) is -3.48. The summed E-state index contributed by atoms with van der Waals surface area (Å²) in [6, 6.07) is 8.01. The first-order valence-electron chi connectivity index (χ1n) is 7.90. The maximum Gasteiger partial charge on any atom is 0.243 e. The zero-order valence-corrected chi connectivity index (χ0v) is 15.1. The highest BCUT2D eigenvalue weighted by Gasteiger charge is 2.31. The van der Waals surface area contributed by atoms with E-state index in [2.05, 4.69) is 28.1 Å². The maximum absolute atomic E-state index is 13.1. The number of aryl methyl sites for hydroxylation is 2. The van der Waals surface area contributed by atoms with Gasteiger partial charge in [-0.05, 0) is 47.2 Å². The molecule has 0 bridgehead atoms. The molecule has 0 atom stereocenters. The van der Waals surface area contributed by atoms with E-state index in [1.807, 2.05) is 6.07 Å². The first kappa shape index (κ1) is 15.6. The first-order valence-corrected chi connectivity index (χ1v) is 10.1. The van der Waals surface area contributed by atoms with Crippen molar-refractivity contribution in [2.24, 2.45) is 0 Å². The molecule has 0 saturated carbocycles. The lowest BCUT2D eigenvalue weighted by Gasteiger charge is -2.28. The number of halogens is 1. The van der Waals surface area contributed by atoms with Crippen LogP contribution in [0.15, 0.2) is 33.6 Å². The van der Waals surface area contributed by atoms with Gasteiger partial charge in [-0.2, -0.15) is 4.31 Å². The summed E-state index contributed by atoms with van der Waals surface area (Å²) in [4.78, 5) is 0.464. The van der Waals surface area contributed by atoms with Crippen molar-refractivity contribution < 1.29 is 13.2 Å². The normalized spacial score (nSPS) is 19.2. The molecule has 2 aromatic carbocycles. The lowest BCUT2D eigenvalue weighted by Crippen LogP contribution is -2.41. The van der Waals surface area contributed by atoms with E-state index >= 15 is 0 Å². The molecule has 1 fully saturated rings. The third kappa shape index (κ3) is 2.52. The van der Waals surface area contributed by atoms with E-state index in [0.29, 0.717) is 31.2 Å². The molecule has 1 aliphatic heterocycles. The molecule has 6 heteroatoms. The second-order valence-corrected chi connectivity index (χ2v) is 8.81.